The summed E-state index contributed by atoms with van der Waals surface area (Å²) in [5.41, 5.74) is 1.25. The van der Waals surface area contributed by atoms with Crippen LogP contribution in [0.25, 0.3) is 3.04 Å². The van der Waals surface area contributed by atoms with E-state index in [4.69, 9.17) is 23.2 Å². The number of hydrogen-bond donors (Lipinski definition) is 1. The first kappa shape index (κ1) is 9.12. The van der Waals surface area contributed by atoms with Gasteiger partial charge in [-0.1, -0.05) is 22.9 Å². The van der Waals surface area contributed by atoms with E-state index in [-0.39, 0.29) is 20.7 Å². The van der Waals surface area contributed by atoms with Gasteiger partial charge in [-0.15, -0.1) is 0 Å². The summed E-state index contributed by atoms with van der Waals surface area (Å²) in [4.78, 5) is 3.16. The molecule has 64 valence electrons. The average molecular weight is 333 g/mol. The SMILES string of the molecule is Cc1csc2c1=C(Cl)I=C(Cl)[NH+]=2. The number of hydrogen-bond acceptors (Lipinski definition) is 1. The number of rotatable bonds is 0. The number of halogens is 3. The van der Waals surface area contributed by atoms with Gasteiger partial charge in [-0.05, 0) is 24.1 Å². The third kappa shape index (κ3) is 1.47. The maximum absolute atomic E-state index is 6.12. The normalized spacial score (nSPS) is 15.9. The van der Waals surface area contributed by atoms with Crippen molar-refractivity contribution in [1.82, 2.24) is 0 Å². The van der Waals surface area contributed by atoms with Gasteiger partial charge in [0.2, 0.25) is 0 Å². The molecule has 0 fully saturated rings. The van der Waals surface area contributed by atoms with E-state index >= 15 is 0 Å². The molecule has 0 saturated carbocycles. The highest BCUT2D eigenvalue weighted by Crippen LogP contribution is 2.20. The lowest BCUT2D eigenvalue weighted by Gasteiger charge is -1.89. The fourth-order valence-corrected chi connectivity index (χ4v) is 5.76. The van der Waals surface area contributed by atoms with Gasteiger partial charge in [-0.25, -0.2) is 0 Å². The molecule has 12 heavy (non-hydrogen) atoms. The minimum absolute atomic E-state index is 0.331. The molecular weight excluding hydrogens is 328 g/mol. The molecule has 0 unspecified atom stereocenters. The Morgan fingerprint density at radius 2 is 2.25 bits per heavy atom. The van der Waals surface area contributed by atoms with Crippen LogP contribution in [0.2, 0.25) is 0 Å². The zero-order valence-corrected chi connectivity index (χ0v) is 10.6. The zero-order chi connectivity index (χ0) is 8.72. The Hall–Kier alpha value is 0.550. The van der Waals surface area contributed by atoms with Gasteiger partial charge < -0.3 is 0 Å². The van der Waals surface area contributed by atoms with Crippen LogP contribution in [-0.2, 0) is 0 Å². The van der Waals surface area contributed by atoms with Crippen LogP contribution in [0.5, 0.6) is 0 Å². The number of thiophene rings is 1. The highest BCUT2D eigenvalue weighted by atomic mass is 127. The topological polar surface area (TPSA) is 14.0 Å². The van der Waals surface area contributed by atoms with Crippen molar-refractivity contribution in [3.8, 4) is 0 Å². The summed E-state index contributed by atoms with van der Waals surface area (Å²) in [7, 11) is 0. The van der Waals surface area contributed by atoms with E-state index < -0.39 is 0 Å². The zero-order valence-electron chi connectivity index (χ0n) is 6.12. The number of aryl methyl sites for hydroxylation is 1. The fourth-order valence-electron chi connectivity index (χ4n) is 1.00. The first-order valence-electron chi connectivity index (χ1n) is 3.23. The number of fused-ring (bicyclic) bond motifs is 1. The Labute approximate surface area is 93.5 Å². The van der Waals surface area contributed by atoms with Gasteiger partial charge in [0, 0.05) is 26.1 Å². The monoisotopic (exact) mass is 332 g/mol. The minimum Gasteiger partial charge on any atom is -0.181 e. The quantitative estimate of drug-likeness (QED) is 0.521. The maximum Gasteiger partial charge on any atom is 0.305 e. The maximum atomic E-state index is 6.12. The molecule has 0 aromatic carbocycles. The molecule has 0 bridgehead atoms. The summed E-state index contributed by atoms with van der Waals surface area (Å²) in [6.45, 7) is 2.07. The van der Waals surface area contributed by atoms with E-state index in [1.807, 2.05) is 0 Å². The third-order valence-corrected chi connectivity index (χ3v) is 5.55. The molecule has 1 aliphatic heterocycles. The van der Waals surface area contributed by atoms with Crippen molar-refractivity contribution in [3.05, 3.63) is 20.8 Å². The van der Waals surface area contributed by atoms with Gasteiger partial charge in [0.25, 0.3) is 4.67 Å². The molecule has 0 radical (unpaired) electrons. The summed E-state index contributed by atoms with van der Waals surface area (Å²) < 4.78 is 2.85. The molecule has 0 saturated heterocycles. The predicted octanol–water partition coefficient (Wildman–Crippen LogP) is 0.372. The second-order valence-electron chi connectivity index (χ2n) is 2.36. The highest BCUT2D eigenvalue weighted by molar-refractivity contribution is 14.2. The first-order valence-corrected chi connectivity index (χ1v) is 7.03. The van der Waals surface area contributed by atoms with Crippen LogP contribution in [0.3, 0.4) is 0 Å². The molecule has 0 amide bonds. The first-order chi connectivity index (χ1) is 5.68. The van der Waals surface area contributed by atoms with E-state index in [1.54, 1.807) is 11.3 Å². The Bertz CT molecular complexity index is 474. The van der Waals surface area contributed by atoms with Crippen LogP contribution < -0.4 is 14.9 Å². The van der Waals surface area contributed by atoms with Crippen molar-refractivity contribution < 1.29 is 4.99 Å². The minimum atomic E-state index is -0.331. The van der Waals surface area contributed by atoms with E-state index in [2.05, 4.69) is 17.3 Å². The Kier molecular flexibility index (Phi) is 2.56. The van der Waals surface area contributed by atoms with Crippen molar-refractivity contribution >= 4 is 61.4 Å². The molecule has 1 aliphatic rings. The third-order valence-electron chi connectivity index (χ3n) is 1.54. The van der Waals surface area contributed by atoms with Crippen LogP contribution in [0, 0.1) is 6.92 Å². The average Bonchev–Trinajstić information content (AvgIpc) is 2.31. The molecule has 2 rings (SSSR count). The van der Waals surface area contributed by atoms with E-state index in [9.17, 15) is 0 Å². The lowest BCUT2D eigenvalue weighted by Crippen LogP contribution is -2.81. The predicted molar refractivity (Wildman–Crippen MR) is 62.5 cm³/mol. The largest absolute Gasteiger partial charge is 0.305 e. The molecule has 0 spiro atoms. The second-order valence-corrected chi connectivity index (χ2v) is 7.97. The molecular formula is C7H5Cl2INS+. The van der Waals surface area contributed by atoms with E-state index in [0.29, 0.717) is 0 Å². The number of nitrogens with one attached hydrogen (secondary N) is 1. The van der Waals surface area contributed by atoms with Crippen LogP contribution >= 0.6 is 55.3 Å². The van der Waals surface area contributed by atoms with Crippen molar-refractivity contribution in [2.75, 3.05) is 0 Å². The lowest BCUT2D eigenvalue weighted by molar-refractivity contribution is -0.351. The molecule has 1 nitrogen and oxygen atoms in total. The smallest absolute Gasteiger partial charge is 0.181 e. The van der Waals surface area contributed by atoms with Gasteiger partial charge in [0.05, 0.1) is 8.26 Å². The fraction of sp³-hybridized carbons (Fsp3) is 0.143. The van der Waals surface area contributed by atoms with Crippen molar-refractivity contribution in [2.24, 2.45) is 0 Å². The molecule has 1 aromatic heterocycles. The van der Waals surface area contributed by atoms with E-state index in [0.717, 1.165) is 10.8 Å². The molecule has 0 atom stereocenters. The molecule has 1 aromatic rings. The van der Waals surface area contributed by atoms with Gasteiger partial charge >= 0.3 is 3.09 Å². The van der Waals surface area contributed by atoms with Gasteiger partial charge in [-0.2, -0.15) is 4.99 Å². The Balaban J connectivity index is 2.95. The Morgan fingerprint density at radius 3 is 3.00 bits per heavy atom. The van der Waals surface area contributed by atoms with Crippen LogP contribution in [0.4, 0.5) is 0 Å². The highest BCUT2D eigenvalue weighted by Gasteiger charge is 2.12. The second kappa shape index (κ2) is 3.36. The van der Waals surface area contributed by atoms with Crippen LogP contribution in [-0.4, -0.2) is 3.09 Å². The standard InChI is InChI=1S/C7H4Cl2INS/c1-3-2-12-6-4(3)5(8)10-7(9)11-6/h2H,1H3/p+1. The summed E-state index contributed by atoms with van der Waals surface area (Å²) in [6, 6.07) is 0. The molecule has 2 heterocycles. The van der Waals surface area contributed by atoms with Crippen LogP contribution in [0.1, 0.15) is 5.56 Å². The van der Waals surface area contributed by atoms with Gasteiger partial charge in [-0.3, -0.25) is 0 Å². The summed E-state index contributed by atoms with van der Waals surface area (Å²) in [6.07, 6.45) is 0. The summed E-state index contributed by atoms with van der Waals surface area (Å²) in [5, 5.41) is 3.28. The van der Waals surface area contributed by atoms with Crippen molar-refractivity contribution in [1.29, 1.82) is 0 Å². The molecule has 0 aliphatic carbocycles. The summed E-state index contributed by atoms with van der Waals surface area (Å²) in [5.74, 6) is 0. The van der Waals surface area contributed by atoms with Gasteiger partial charge in [0.15, 0.2) is 0 Å². The molecule has 5 heteroatoms. The van der Waals surface area contributed by atoms with Crippen molar-refractivity contribution in [3.63, 3.8) is 0 Å². The van der Waals surface area contributed by atoms with Gasteiger partial charge in [0.1, 0.15) is 0 Å². The van der Waals surface area contributed by atoms with Crippen LogP contribution in [0.15, 0.2) is 5.38 Å². The van der Waals surface area contributed by atoms with E-state index in [1.165, 1.54) is 10.8 Å². The summed E-state index contributed by atoms with van der Waals surface area (Å²) >= 11 is 13.3. The van der Waals surface area contributed by atoms with Crippen molar-refractivity contribution in [2.45, 2.75) is 6.92 Å². The Morgan fingerprint density at radius 1 is 1.50 bits per heavy atom. The lowest BCUT2D eigenvalue weighted by atomic mass is 10.3. The molecule has 1 N–H and O–H groups in total.